The van der Waals surface area contributed by atoms with Crippen LogP contribution in [0.25, 0.3) is 0 Å². The summed E-state index contributed by atoms with van der Waals surface area (Å²) < 4.78 is 14.3. The number of nitrogens with zero attached hydrogens (tertiary/aromatic N) is 3. The van der Waals surface area contributed by atoms with Crippen molar-refractivity contribution in [2.75, 3.05) is 24.6 Å². The number of thioether (sulfide) groups is 2. The summed E-state index contributed by atoms with van der Waals surface area (Å²) in [4.78, 5) is 24.5. The Morgan fingerprint density at radius 1 is 1.41 bits per heavy atom. The van der Waals surface area contributed by atoms with Gasteiger partial charge >= 0.3 is 5.97 Å². The zero-order valence-corrected chi connectivity index (χ0v) is 16.1. The SMILES string of the molecule is O=C(O)CC1SC(=NN=Cc2ccc(CN3CCSCC3)c(F)c2)NC1=O. The monoisotopic (exact) mass is 410 g/mol. The lowest BCUT2D eigenvalue weighted by atomic mass is 10.1. The number of aliphatic carboxylic acids is 1. The van der Waals surface area contributed by atoms with E-state index in [0.717, 1.165) is 36.4 Å². The lowest BCUT2D eigenvalue weighted by Gasteiger charge is -2.26. The van der Waals surface area contributed by atoms with Crippen molar-refractivity contribution in [1.82, 2.24) is 10.2 Å². The van der Waals surface area contributed by atoms with Crippen molar-refractivity contribution in [3.8, 4) is 0 Å². The molecular weight excluding hydrogens is 391 g/mol. The number of rotatable bonds is 6. The van der Waals surface area contributed by atoms with Gasteiger partial charge in [0.1, 0.15) is 11.1 Å². The standard InChI is InChI=1S/C17H19FN4O3S2/c18-13-7-11(1-2-12(13)10-22-3-5-26-6-4-22)9-19-21-17-20-16(25)14(27-17)8-15(23)24/h1-2,7,9,14H,3-6,8,10H2,(H,23,24)(H,20,21,25). The number of hydrogen-bond acceptors (Lipinski definition) is 7. The van der Waals surface area contributed by atoms with Crippen molar-refractivity contribution >= 4 is 46.8 Å². The fourth-order valence-corrected chi connectivity index (χ4v) is 4.56. The molecule has 2 N–H and O–H groups in total. The first kappa shape index (κ1) is 19.8. The highest BCUT2D eigenvalue weighted by Gasteiger charge is 2.32. The number of carboxylic acid groups (broad SMARTS) is 1. The summed E-state index contributed by atoms with van der Waals surface area (Å²) in [6.45, 7) is 2.54. The van der Waals surface area contributed by atoms with E-state index in [1.54, 1.807) is 12.1 Å². The minimum Gasteiger partial charge on any atom is -0.481 e. The third kappa shape index (κ3) is 5.78. The van der Waals surface area contributed by atoms with E-state index in [1.165, 1.54) is 12.3 Å². The highest BCUT2D eigenvalue weighted by molar-refractivity contribution is 8.15. The molecule has 27 heavy (non-hydrogen) atoms. The molecule has 0 spiro atoms. The number of benzene rings is 1. The maximum absolute atomic E-state index is 14.3. The second kappa shape index (κ2) is 9.34. The number of carbonyl (C=O) groups is 2. The molecule has 1 unspecified atom stereocenters. The van der Waals surface area contributed by atoms with E-state index in [9.17, 15) is 14.0 Å². The topological polar surface area (TPSA) is 94.4 Å². The van der Waals surface area contributed by atoms with Crippen molar-refractivity contribution in [3.05, 3.63) is 35.1 Å². The predicted molar refractivity (Wildman–Crippen MR) is 106 cm³/mol. The maximum Gasteiger partial charge on any atom is 0.305 e. The average Bonchev–Trinajstić information content (AvgIpc) is 2.97. The molecule has 0 aliphatic carbocycles. The van der Waals surface area contributed by atoms with E-state index in [-0.39, 0.29) is 17.4 Å². The molecule has 7 nitrogen and oxygen atoms in total. The van der Waals surface area contributed by atoms with Gasteiger partial charge in [0.25, 0.3) is 0 Å². The number of nitrogens with one attached hydrogen (secondary N) is 1. The van der Waals surface area contributed by atoms with E-state index in [2.05, 4.69) is 20.4 Å². The van der Waals surface area contributed by atoms with Gasteiger partial charge in [0.05, 0.1) is 12.6 Å². The predicted octanol–water partition coefficient (Wildman–Crippen LogP) is 1.77. The zero-order valence-electron chi connectivity index (χ0n) is 14.4. The molecule has 1 aromatic rings. The molecule has 144 valence electrons. The molecule has 2 aliphatic rings. The van der Waals surface area contributed by atoms with Gasteiger partial charge in [-0.1, -0.05) is 23.9 Å². The van der Waals surface area contributed by atoms with Gasteiger partial charge in [-0.15, -0.1) is 5.10 Å². The summed E-state index contributed by atoms with van der Waals surface area (Å²) >= 11 is 2.94. The molecule has 2 heterocycles. The first-order valence-corrected chi connectivity index (χ1v) is 10.4. The Balaban J connectivity index is 1.58. The second-order valence-corrected chi connectivity index (χ2v) is 8.50. The molecular formula is C17H19FN4O3S2. The average molecular weight is 410 g/mol. The molecule has 3 rings (SSSR count). The number of halogens is 1. The van der Waals surface area contributed by atoms with Crippen LogP contribution in [0.1, 0.15) is 17.5 Å². The molecule has 0 saturated carbocycles. The quantitative estimate of drug-likeness (QED) is 0.548. The van der Waals surface area contributed by atoms with Gasteiger partial charge in [-0.3, -0.25) is 14.5 Å². The highest BCUT2D eigenvalue weighted by Crippen LogP contribution is 2.22. The molecule has 1 aromatic carbocycles. The van der Waals surface area contributed by atoms with E-state index >= 15 is 0 Å². The molecule has 2 aliphatic heterocycles. The fourth-order valence-electron chi connectivity index (χ4n) is 2.67. The number of carbonyl (C=O) groups excluding carboxylic acids is 1. The Hall–Kier alpha value is -1.91. The molecule has 1 atom stereocenters. The van der Waals surface area contributed by atoms with Crippen LogP contribution in [0.2, 0.25) is 0 Å². The van der Waals surface area contributed by atoms with Gasteiger partial charge in [-0.25, -0.2) is 4.39 Å². The van der Waals surface area contributed by atoms with Crippen LogP contribution in [0.3, 0.4) is 0 Å². The minimum absolute atomic E-state index is 0.238. The van der Waals surface area contributed by atoms with Crippen molar-refractivity contribution < 1.29 is 19.1 Å². The zero-order chi connectivity index (χ0) is 19.2. The Morgan fingerprint density at radius 3 is 2.89 bits per heavy atom. The minimum atomic E-state index is -1.05. The van der Waals surface area contributed by atoms with E-state index in [1.807, 2.05) is 11.8 Å². The van der Waals surface area contributed by atoms with Crippen LogP contribution in [0.15, 0.2) is 28.4 Å². The molecule has 0 bridgehead atoms. The maximum atomic E-state index is 14.3. The van der Waals surface area contributed by atoms with Crippen LogP contribution in [-0.4, -0.2) is 63.1 Å². The van der Waals surface area contributed by atoms with Crippen LogP contribution in [0, 0.1) is 5.82 Å². The van der Waals surface area contributed by atoms with Gasteiger partial charge in [0, 0.05) is 36.7 Å². The third-order valence-corrected chi connectivity index (χ3v) is 6.08. The first-order valence-electron chi connectivity index (χ1n) is 8.40. The number of hydrogen-bond donors (Lipinski definition) is 2. The van der Waals surface area contributed by atoms with Crippen LogP contribution in [-0.2, 0) is 16.1 Å². The Bertz CT molecular complexity index is 781. The Labute approximate surface area is 164 Å². The van der Waals surface area contributed by atoms with Gasteiger partial charge in [0.15, 0.2) is 5.17 Å². The van der Waals surface area contributed by atoms with E-state index in [0.29, 0.717) is 17.7 Å². The first-order chi connectivity index (χ1) is 13.0. The Kier molecular flexibility index (Phi) is 6.86. The molecule has 2 fully saturated rings. The summed E-state index contributed by atoms with van der Waals surface area (Å²) in [5, 5.41) is 18.5. The number of carboxylic acids is 1. The number of amides is 1. The largest absolute Gasteiger partial charge is 0.481 e. The fraction of sp³-hybridized carbons (Fsp3) is 0.412. The molecule has 2 saturated heterocycles. The van der Waals surface area contributed by atoms with Crippen molar-refractivity contribution in [1.29, 1.82) is 0 Å². The highest BCUT2D eigenvalue weighted by atomic mass is 32.2. The summed E-state index contributed by atoms with van der Waals surface area (Å²) in [6, 6.07) is 4.93. The van der Waals surface area contributed by atoms with Crippen LogP contribution >= 0.6 is 23.5 Å². The van der Waals surface area contributed by atoms with Crippen molar-refractivity contribution in [2.45, 2.75) is 18.2 Å². The lowest BCUT2D eigenvalue weighted by molar-refractivity contribution is -0.138. The number of amidine groups is 1. The Morgan fingerprint density at radius 2 is 2.19 bits per heavy atom. The van der Waals surface area contributed by atoms with Gasteiger partial charge in [-0.2, -0.15) is 16.9 Å². The second-order valence-electron chi connectivity index (χ2n) is 6.08. The summed E-state index contributed by atoms with van der Waals surface area (Å²) in [7, 11) is 0. The van der Waals surface area contributed by atoms with Crippen molar-refractivity contribution in [2.24, 2.45) is 10.2 Å². The molecule has 1 amide bonds. The van der Waals surface area contributed by atoms with Gasteiger partial charge in [0.2, 0.25) is 5.91 Å². The van der Waals surface area contributed by atoms with Gasteiger partial charge < -0.3 is 10.4 Å². The summed E-state index contributed by atoms with van der Waals surface area (Å²) in [5.41, 5.74) is 1.21. The van der Waals surface area contributed by atoms with Crippen LogP contribution < -0.4 is 5.32 Å². The molecule has 0 radical (unpaired) electrons. The van der Waals surface area contributed by atoms with E-state index in [4.69, 9.17) is 5.11 Å². The van der Waals surface area contributed by atoms with Gasteiger partial charge in [-0.05, 0) is 11.6 Å². The van der Waals surface area contributed by atoms with E-state index < -0.39 is 17.1 Å². The van der Waals surface area contributed by atoms with Crippen molar-refractivity contribution in [3.63, 3.8) is 0 Å². The van der Waals surface area contributed by atoms with Crippen LogP contribution in [0.4, 0.5) is 4.39 Å². The third-order valence-electron chi connectivity index (χ3n) is 4.07. The van der Waals surface area contributed by atoms with Crippen LogP contribution in [0.5, 0.6) is 0 Å². The summed E-state index contributed by atoms with van der Waals surface area (Å²) in [6.07, 6.45) is 1.12. The molecule has 10 heteroatoms. The summed E-state index contributed by atoms with van der Waals surface area (Å²) in [5.74, 6) is 0.424. The lowest BCUT2D eigenvalue weighted by Crippen LogP contribution is -2.32. The molecule has 0 aromatic heterocycles. The smallest absolute Gasteiger partial charge is 0.305 e. The normalized spacial score (nSPS) is 22.5.